The van der Waals surface area contributed by atoms with Crippen molar-refractivity contribution in [3.05, 3.63) is 17.5 Å². The lowest BCUT2D eigenvalue weighted by atomic mass is 10.1. The molecule has 1 amide bonds. The Morgan fingerprint density at radius 3 is 2.90 bits per heavy atom. The molecule has 0 spiro atoms. The van der Waals surface area contributed by atoms with Crippen LogP contribution in [0.15, 0.2) is 6.20 Å². The maximum Gasteiger partial charge on any atom is 0.306 e. The number of hydrogen-bond donors (Lipinski definition) is 1. The molecule has 0 aromatic carbocycles. The van der Waals surface area contributed by atoms with Gasteiger partial charge in [0, 0.05) is 26.1 Å². The topological polar surface area (TPSA) is 84.7 Å². The van der Waals surface area contributed by atoms with Gasteiger partial charge in [0.25, 0.3) is 5.91 Å². The number of rotatable bonds is 4. The summed E-state index contributed by atoms with van der Waals surface area (Å²) < 4.78 is 7.18. The smallest absolute Gasteiger partial charge is 0.306 e. The fourth-order valence-corrected chi connectivity index (χ4v) is 2.85. The van der Waals surface area contributed by atoms with E-state index in [2.05, 4.69) is 5.10 Å². The van der Waals surface area contributed by atoms with Gasteiger partial charge in [0.2, 0.25) is 0 Å². The molecule has 7 heteroatoms. The minimum Gasteiger partial charge on any atom is -0.481 e. The Morgan fingerprint density at radius 1 is 1.48 bits per heavy atom. The average molecular weight is 293 g/mol. The molecule has 1 aromatic heterocycles. The fourth-order valence-electron chi connectivity index (χ4n) is 2.85. The molecule has 0 bridgehead atoms. The van der Waals surface area contributed by atoms with Gasteiger partial charge in [0.05, 0.1) is 36.6 Å². The van der Waals surface area contributed by atoms with Crippen LogP contribution in [0.5, 0.6) is 0 Å². The van der Waals surface area contributed by atoms with Gasteiger partial charge in [0.1, 0.15) is 0 Å². The normalized spacial score (nSPS) is 22.3. The third-order valence-electron chi connectivity index (χ3n) is 4.01. The number of carboxylic acid groups (broad SMARTS) is 1. The first kappa shape index (κ1) is 14.1. The van der Waals surface area contributed by atoms with E-state index in [9.17, 15) is 9.59 Å². The van der Waals surface area contributed by atoms with Crippen LogP contribution in [0.25, 0.3) is 0 Å². The molecule has 1 saturated carbocycles. The number of aryl methyl sites for hydroxylation is 1. The standard InChI is InChI=1S/C14H19N3O4/c1-16-13(9-2-3-9)11(7-15-16)14(20)17-4-5-21-10(8-17)6-12(18)19/h7,9-10H,2-6,8H2,1H3,(H,18,19). The fraction of sp³-hybridized carbons (Fsp3) is 0.643. The first-order chi connectivity index (χ1) is 10.1. The molecule has 2 aliphatic rings. The quantitative estimate of drug-likeness (QED) is 0.879. The molecule has 0 radical (unpaired) electrons. The van der Waals surface area contributed by atoms with E-state index in [0.29, 0.717) is 31.2 Å². The van der Waals surface area contributed by atoms with Crippen LogP contribution < -0.4 is 0 Å². The first-order valence-electron chi connectivity index (χ1n) is 7.21. The van der Waals surface area contributed by atoms with Crippen molar-refractivity contribution in [3.8, 4) is 0 Å². The highest BCUT2D eigenvalue weighted by Crippen LogP contribution is 2.41. The van der Waals surface area contributed by atoms with Crippen LogP contribution in [0.4, 0.5) is 0 Å². The third-order valence-corrected chi connectivity index (χ3v) is 4.01. The second kappa shape index (κ2) is 5.48. The monoisotopic (exact) mass is 293 g/mol. The van der Waals surface area contributed by atoms with Gasteiger partial charge < -0.3 is 14.7 Å². The predicted octanol–water partition coefficient (Wildman–Crippen LogP) is 0.613. The second-order valence-corrected chi connectivity index (χ2v) is 5.68. The summed E-state index contributed by atoms with van der Waals surface area (Å²) in [6.07, 6.45) is 3.32. The van der Waals surface area contributed by atoms with Crippen molar-refractivity contribution in [2.24, 2.45) is 7.05 Å². The number of amides is 1. The lowest BCUT2D eigenvalue weighted by Gasteiger charge is -2.32. The minimum absolute atomic E-state index is 0.0660. The number of carbonyl (C=O) groups is 2. The Labute approximate surface area is 122 Å². The Balaban J connectivity index is 1.74. The summed E-state index contributed by atoms with van der Waals surface area (Å²) in [5.74, 6) is -0.537. The molecule has 1 N–H and O–H groups in total. The summed E-state index contributed by atoms with van der Waals surface area (Å²) >= 11 is 0. The molecule has 2 heterocycles. The summed E-state index contributed by atoms with van der Waals surface area (Å²) in [4.78, 5) is 25.1. The highest BCUT2D eigenvalue weighted by molar-refractivity contribution is 5.95. The van der Waals surface area contributed by atoms with Crippen molar-refractivity contribution in [1.29, 1.82) is 0 Å². The van der Waals surface area contributed by atoms with Crippen molar-refractivity contribution < 1.29 is 19.4 Å². The van der Waals surface area contributed by atoms with Gasteiger partial charge in [-0.2, -0.15) is 5.10 Å². The van der Waals surface area contributed by atoms with E-state index < -0.39 is 12.1 Å². The highest BCUT2D eigenvalue weighted by Gasteiger charge is 2.34. The van der Waals surface area contributed by atoms with Crippen LogP contribution in [0, 0.1) is 0 Å². The molecule has 1 saturated heterocycles. The van der Waals surface area contributed by atoms with E-state index in [0.717, 1.165) is 18.5 Å². The molecule has 1 aromatic rings. The molecule has 1 aliphatic heterocycles. The summed E-state index contributed by atoms with van der Waals surface area (Å²) in [5, 5.41) is 13.0. The molecule has 2 fully saturated rings. The van der Waals surface area contributed by atoms with Gasteiger partial charge in [-0.25, -0.2) is 0 Å². The zero-order valence-corrected chi connectivity index (χ0v) is 12.0. The van der Waals surface area contributed by atoms with Crippen molar-refractivity contribution in [2.75, 3.05) is 19.7 Å². The Kier molecular flexibility index (Phi) is 3.67. The molecule has 1 unspecified atom stereocenters. The van der Waals surface area contributed by atoms with Crippen molar-refractivity contribution in [2.45, 2.75) is 31.3 Å². The van der Waals surface area contributed by atoms with Crippen LogP contribution in [0.1, 0.15) is 41.2 Å². The van der Waals surface area contributed by atoms with Gasteiger partial charge in [-0.15, -0.1) is 0 Å². The zero-order chi connectivity index (χ0) is 15.0. The van der Waals surface area contributed by atoms with Crippen molar-refractivity contribution in [3.63, 3.8) is 0 Å². The summed E-state index contributed by atoms with van der Waals surface area (Å²) in [6.45, 7) is 1.20. The number of aromatic nitrogens is 2. The summed E-state index contributed by atoms with van der Waals surface area (Å²) in [5.41, 5.74) is 1.65. The number of hydrogen-bond acceptors (Lipinski definition) is 4. The van der Waals surface area contributed by atoms with Gasteiger partial charge in [-0.05, 0) is 12.8 Å². The van der Waals surface area contributed by atoms with Crippen LogP contribution >= 0.6 is 0 Å². The zero-order valence-electron chi connectivity index (χ0n) is 12.0. The van der Waals surface area contributed by atoms with Crippen LogP contribution in [-0.4, -0.2) is 57.5 Å². The van der Waals surface area contributed by atoms with Gasteiger partial charge in [0.15, 0.2) is 0 Å². The Morgan fingerprint density at radius 2 is 2.24 bits per heavy atom. The molecule has 3 rings (SSSR count). The molecule has 7 nitrogen and oxygen atoms in total. The number of nitrogens with zero attached hydrogens (tertiary/aromatic N) is 3. The lowest BCUT2D eigenvalue weighted by molar-refractivity contribution is -0.141. The SMILES string of the molecule is Cn1ncc(C(=O)N2CCOC(CC(=O)O)C2)c1C1CC1. The number of aliphatic carboxylic acids is 1. The second-order valence-electron chi connectivity index (χ2n) is 5.68. The Hall–Kier alpha value is -1.89. The van der Waals surface area contributed by atoms with Crippen molar-refractivity contribution >= 4 is 11.9 Å². The third kappa shape index (κ3) is 2.92. The largest absolute Gasteiger partial charge is 0.481 e. The molecule has 1 atom stereocenters. The summed E-state index contributed by atoms with van der Waals surface area (Å²) in [7, 11) is 1.86. The molecular weight excluding hydrogens is 274 g/mol. The highest BCUT2D eigenvalue weighted by atomic mass is 16.5. The van der Waals surface area contributed by atoms with Gasteiger partial charge in [-0.1, -0.05) is 0 Å². The van der Waals surface area contributed by atoms with Crippen LogP contribution in [0.3, 0.4) is 0 Å². The van der Waals surface area contributed by atoms with E-state index in [1.807, 2.05) is 7.05 Å². The van der Waals surface area contributed by atoms with Crippen LogP contribution in [-0.2, 0) is 16.6 Å². The van der Waals surface area contributed by atoms with E-state index in [1.165, 1.54) is 0 Å². The first-order valence-corrected chi connectivity index (χ1v) is 7.21. The molecule has 114 valence electrons. The maximum atomic E-state index is 12.7. The minimum atomic E-state index is -0.908. The lowest BCUT2D eigenvalue weighted by Crippen LogP contribution is -2.46. The number of morpholine rings is 1. The van der Waals surface area contributed by atoms with E-state index >= 15 is 0 Å². The van der Waals surface area contributed by atoms with E-state index in [1.54, 1.807) is 15.8 Å². The van der Waals surface area contributed by atoms with Crippen LogP contribution in [0.2, 0.25) is 0 Å². The molecule has 21 heavy (non-hydrogen) atoms. The van der Waals surface area contributed by atoms with Gasteiger partial charge >= 0.3 is 5.97 Å². The van der Waals surface area contributed by atoms with E-state index in [-0.39, 0.29) is 12.3 Å². The number of carboxylic acids is 1. The number of carbonyl (C=O) groups excluding carboxylic acids is 1. The average Bonchev–Trinajstić information content (AvgIpc) is 3.20. The van der Waals surface area contributed by atoms with Gasteiger partial charge in [-0.3, -0.25) is 14.3 Å². The van der Waals surface area contributed by atoms with E-state index in [4.69, 9.17) is 9.84 Å². The predicted molar refractivity (Wildman–Crippen MR) is 73.1 cm³/mol. The molecule has 1 aliphatic carbocycles. The summed E-state index contributed by atoms with van der Waals surface area (Å²) in [6, 6.07) is 0. The number of ether oxygens (including phenoxy) is 1. The molecular formula is C14H19N3O4. The maximum absolute atomic E-state index is 12.7. The Bertz CT molecular complexity index is 565. The van der Waals surface area contributed by atoms with Crippen molar-refractivity contribution in [1.82, 2.24) is 14.7 Å².